The number of carboxylic acid groups (broad SMARTS) is 1. The fourth-order valence-corrected chi connectivity index (χ4v) is 8.05. The molecule has 9 heteroatoms. The first-order valence-electron chi connectivity index (χ1n) is 12.9. The van der Waals surface area contributed by atoms with Crippen molar-refractivity contribution in [1.82, 2.24) is 4.72 Å². The van der Waals surface area contributed by atoms with Crippen molar-refractivity contribution in [2.75, 3.05) is 6.26 Å². The number of nitrogens with one attached hydrogen (secondary N) is 1. The van der Waals surface area contributed by atoms with Crippen LogP contribution in [0.25, 0.3) is 0 Å². The Kier molecular flexibility index (Phi) is 7.72. The van der Waals surface area contributed by atoms with Crippen LogP contribution in [0.15, 0.2) is 0 Å². The SMILES string of the molecule is CC1C(C)C2CC1C(C(=O)O)C2C(=O)OC(C)(C)C.CC1C2CC(C(=O)NS(C)(=O)=O)C(C2)C1C. The molecule has 1 amide bonds. The Morgan fingerprint density at radius 2 is 1.34 bits per heavy atom. The monoisotopic (exact) mass is 513 g/mol. The van der Waals surface area contributed by atoms with Gasteiger partial charge in [-0.2, -0.15) is 0 Å². The van der Waals surface area contributed by atoms with Gasteiger partial charge in [-0.05, 0) is 87.4 Å². The summed E-state index contributed by atoms with van der Waals surface area (Å²) in [6.45, 7) is 14.1. The summed E-state index contributed by atoms with van der Waals surface area (Å²) in [6.07, 6.45) is 3.83. The van der Waals surface area contributed by atoms with Crippen molar-refractivity contribution in [3.8, 4) is 0 Å². The third kappa shape index (κ3) is 5.70. The second-order valence-corrected chi connectivity index (χ2v) is 14.4. The van der Waals surface area contributed by atoms with Crippen LogP contribution in [0, 0.1) is 65.1 Å². The lowest BCUT2D eigenvalue weighted by Crippen LogP contribution is -2.43. The summed E-state index contributed by atoms with van der Waals surface area (Å²) in [5.41, 5.74) is -0.559. The van der Waals surface area contributed by atoms with Gasteiger partial charge in [0.15, 0.2) is 0 Å². The van der Waals surface area contributed by atoms with Crippen molar-refractivity contribution in [3.05, 3.63) is 0 Å². The van der Waals surface area contributed by atoms with E-state index in [4.69, 9.17) is 4.74 Å². The molecule has 0 spiro atoms. The molecule has 200 valence electrons. The highest BCUT2D eigenvalue weighted by Crippen LogP contribution is 2.58. The fourth-order valence-electron chi connectivity index (χ4n) is 7.53. The molecule has 0 aromatic rings. The van der Waals surface area contributed by atoms with Gasteiger partial charge in [0.05, 0.1) is 18.1 Å². The third-order valence-electron chi connectivity index (χ3n) is 9.52. The summed E-state index contributed by atoms with van der Waals surface area (Å²) in [6, 6.07) is 0. The van der Waals surface area contributed by atoms with Gasteiger partial charge >= 0.3 is 11.9 Å². The lowest BCUT2D eigenvalue weighted by atomic mass is 9.69. The Labute approximate surface area is 210 Å². The summed E-state index contributed by atoms with van der Waals surface area (Å²) in [4.78, 5) is 35.7. The summed E-state index contributed by atoms with van der Waals surface area (Å²) in [5, 5.41) is 9.45. The second-order valence-electron chi connectivity index (χ2n) is 12.7. The minimum absolute atomic E-state index is 0.0917. The van der Waals surface area contributed by atoms with E-state index in [1.54, 1.807) is 0 Å². The van der Waals surface area contributed by atoms with E-state index < -0.39 is 33.4 Å². The summed E-state index contributed by atoms with van der Waals surface area (Å²) in [5.74, 6) is 0.666. The highest BCUT2D eigenvalue weighted by Gasteiger charge is 2.60. The van der Waals surface area contributed by atoms with E-state index >= 15 is 0 Å². The topological polar surface area (TPSA) is 127 Å². The van der Waals surface area contributed by atoms with Gasteiger partial charge < -0.3 is 9.84 Å². The molecule has 2 N–H and O–H groups in total. The molecule has 4 aliphatic rings. The van der Waals surface area contributed by atoms with E-state index in [0.717, 1.165) is 25.5 Å². The predicted octanol–water partition coefficient (Wildman–Crippen LogP) is 3.56. The summed E-state index contributed by atoms with van der Waals surface area (Å²) in [7, 11) is -3.41. The quantitative estimate of drug-likeness (QED) is 0.550. The Balaban J connectivity index is 0.000000198. The summed E-state index contributed by atoms with van der Waals surface area (Å²) >= 11 is 0. The summed E-state index contributed by atoms with van der Waals surface area (Å²) < 4.78 is 29.6. The number of sulfonamides is 1. The molecule has 11 unspecified atom stereocenters. The fraction of sp³-hybridized carbons (Fsp3) is 0.885. The molecule has 0 aromatic carbocycles. The molecule has 0 aromatic heterocycles. The minimum atomic E-state index is -3.41. The van der Waals surface area contributed by atoms with Crippen LogP contribution in [0.4, 0.5) is 0 Å². The molecule has 4 bridgehead atoms. The average Bonchev–Trinajstić information content (AvgIpc) is 3.42. The van der Waals surface area contributed by atoms with Crippen LogP contribution in [0.2, 0.25) is 0 Å². The number of aliphatic carboxylic acids is 1. The zero-order valence-corrected chi connectivity index (χ0v) is 23.1. The number of ether oxygens (including phenoxy) is 1. The van der Waals surface area contributed by atoms with Crippen LogP contribution in [-0.4, -0.2) is 43.2 Å². The zero-order valence-electron chi connectivity index (χ0n) is 22.3. The smallest absolute Gasteiger partial charge is 0.310 e. The molecule has 35 heavy (non-hydrogen) atoms. The highest BCUT2D eigenvalue weighted by atomic mass is 32.2. The Hall–Kier alpha value is -1.64. The first kappa shape index (κ1) is 27.9. The van der Waals surface area contributed by atoms with Crippen LogP contribution in [0.5, 0.6) is 0 Å². The van der Waals surface area contributed by atoms with Gasteiger partial charge in [-0.1, -0.05) is 27.7 Å². The number of carbonyl (C=O) groups excluding carboxylic acids is 2. The average molecular weight is 514 g/mol. The largest absolute Gasteiger partial charge is 0.481 e. The number of fused-ring (bicyclic) bond motifs is 4. The van der Waals surface area contributed by atoms with Crippen molar-refractivity contribution in [3.63, 3.8) is 0 Å². The number of rotatable bonds is 4. The van der Waals surface area contributed by atoms with Gasteiger partial charge in [0.1, 0.15) is 5.60 Å². The predicted molar refractivity (Wildman–Crippen MR) is 131 cm³/mol. The highest BCUT2D eigenvalue weighted by molar-refractivity contribution is 7.89. The molecule has 8 nitrogen and oxygen atoms in total. The maximum Gasteiger partial charge on any atom is 0.310 e. The second kappa shape index (κ2) is 9.67. The van der Waals surface area contributed by atoms with E-state index in [1.807, 2.05) is 20.8 Å². The Morgan fingerprint density at radius 1 is 0.829 bits per heavy atom. The normalized spacial score (nSPS) is 41.8. The maximum absolute atomic E-state index is 12.3. The molecule has 11 atom stereocenters. The number of hydrogen-bond acceptors (Lipinski definition) is 6. The van der Waals surface area contributed by atoms with Gasteiger partial charge in [0.2, 0.25) is 15.9 Å². The maximum atomic E-state index is 12.3. The molecule has 4 aliphatic carbocycles. The molecule has 0 saturated heterocycles. The van der Waals surface area contributed by atoms with Crippen molar-refractivity contribution in [2.45, 2.75) is 73.3 Å². The first-order valence-corrected chi connectivity index (χ1v) is 14.8. The van der Waals surface area contributed by atoms with Crippen molar-refractivity contribution >= 4 is 27.9 Å². The number of carbonyl (C=O) groups is 3. The Bertz CT molecular complexity index is 953. The number of carboxylic acids is 1. The molecule has 4 rings (SSSR count). The van der Waals surface area contributed by atoms with Crippen LogP contribution < -0.4 is 4.72 Å². The van der Waals surface area contributed by atoms with Gasteiger partial charge in [-0.15, -0.1) is 0 Å². The lowest BCUT2D eigenvalue weighted by molar-refractivity contribution is -0.171. The van der Waals surface area contributed by atoms with E-state index in [1.165, 1.54) is 0 Å². The molecule has 0 radical (unpaired) electrons. The molecule has 0 heterocycles. The number of esters is 1. The van der Waals surface area contributed by atoms with Crippen LogP contribution in [0.1, 0.15) is 67.7 Å². The standard InChI is InChI=1S/C15H24O4.C11H19NO3S/c1-7-8(2)10-6-9(7)11(13(16)17)12(10)14(18)19-15(3,4)5;1-6-7(2)9-4-8(6)5-10(9)11(13)12-16(3,14)15/h7-12H,6H2,1-5H3,(H,16,17);6-10H,4-5H2,1-3H3,(H,12,13). The van der Waals surface area contributed by atoms with Crippen LogP contribution in [-0.2, 0) is 29.1 Å². The van der Waals surface area contributed by atoms with E-state index in [-0.39, 0.29) is 29.6 Å². The minimum Gasteiger partial charge on any atom is -0.481 e. The number of hydrogen-bond donors (Lipinski definition) is 2. The van der Waals surface area contributed by atoms with Crippen molar-refractivity contribution in [2.24, 2.45) is 65.1 Å². The van der Waals surface area contributed by atoms with Crippen LogP contribution in [0.3, 0.4) is 0 Å². The molecule has 4 saturated carbocycles. The van der Waals surface area contributed by atoms with Crippen LogP contribution >= 0.6 is 0 Å². The van der Waals surface area contributed by atoms with Crippen molar-refractivity contribution < 1.29 is 32.6 Å². The molecule has 4 fully saturated rings. The van der Waals surface area contributed by atoms with Crippen molar-refractivity contribution in [1.29, 1.82) is 0 Å². The third-order valence-corrected chi connectivity index (χ3v) is 10.1. The number of amides is 1. The molecule has 0 aliphatic heterocycles. The van der Waals surface area contributed by atoms with Gasteiger partial charge in [-0.3, -0.25) is 19.1 Å². The van der Waals surface area contributed by atoms with E-state index in [0.29, 0.717) is 35.5 Å². The van der Waals surface area contributed by atoms with Gasteiger partial charge in [0.25, 0.3) is 0 Å². The lowest BCUT2D eigenvalue weighted by Gasteiger charge is -2.36. The molecular weight excluding hydrogens is 470 g/mol. The Morgan fingerprint density at radius 3 is 1.77 bits per heavy atom. The zero-order chi connectivity index (χ0) is 26.6. The van der Waals surface area contributed by atoms with E-state index in [2.05, 4.69) is 32.4 Å². The first-order chi connectivity index (χ1) is 15.9. The van der Waals surface area contributed by atoms with Gasteiger partial charge in [0, 0.05) is 5.92 Å². The molecular formula is C26H43NO7S. The van der Waals surface area contributed by atoms with Gasteiger partial charge in [-0.25, -0.2) is 8.42 Å². The van der Waals surface area contributed by atoms with E-state index in [9.17, 15) is 27.9 Å².